The fraction of sp³-hybridized carbons (Fsp3) is 0.158. The predicted molar refractivity (Wildman–Crippen MR) is 92.7 cm³/mol. The van der Waals surface area contributed by atoms with E-state index in [1.807, 2.05) is 0 Å². The minimum Gasteiger partial charge on any atom is -0.0776 e. The van der Waals surface area contributed by atoms with Crippen LogP contribution in [-0.2, 0) is 0 Å². The summed E-state index contributed by atoms with van der Waals surface area (Å²) in [6.07, 6.45) is 0. The van der Waals surface area contributed by atoms with E-state index in [9.17, 15) is 0 Å². The van der Waals surface area contributed by atoms with E-state index in [1.54, 1.807) is 0 Å². The van der Waals surface area contributed by atoms with E-state index in [-0.39, 0.29) is 0 Å². The van der Waals surface area contributed by atoms with Gasteiger partial charge in [0.25, 0.3) is 0 Å². The smallest absolute Gasteiger partial charge is 0.0194 e. The van der Waals surface area contributed by atoms with Crippen molar-refractivity contribution >= 4 is 32.3 Å². The first-order chi connectivity index (χ1) is 12.7. The molecule has 0 saturated heterocycles. The number of hydrogen-bond donors (Lipinski definition) is 0. The molecule has 0 aromatic heterocycles. The van der Waals surface area contributed by atoms with E-state index in [4.69, 9.17) is 10.3 Å². The molecular weight excluding hydrogens is 228 g/mol. The molecule has 0 heteroatoms. The topological polar surface area (TPSA) is 0 Å². The molecule has 4 aromatic carbocycles. The highest BCUT2D eigenvalue weighted by atomic mass is 14.1. The van der Waals surface area contributed by atoms with Gasteiger partial charge >= 0.3 is 0 Å². The normalized spacial score (nSPS) is 12.9. The summed E-state index contributed by atoms with van der Waals surface area (Å²) in [7, 11) is 1.25. The molecule has 4 rings (SSSR count). The van der Waals surface area contributed by atoms with Crippen LogP contribution in [0, 0.1) is 13.8 Å². The molecule has 0 atom stereocenters. The van der Waals surface area contributed by atoms with Crippen LogP contribution in [0.1, 0.15) is 28.8 Å². The van der Waals surface area contributed by atoms with Crippen molar-refractivity contribution in [1.82, 2.24) is 0 Å². The molecule has 0 aliphatic carbocycles. The minimum absolute atomic E-state index is 1.25. The second-order valence-corrected chi connectivity index (χ2v) is 5.25. The van der Waals surface area contributed by atoms with E-state index in [1.165, 1.54) is 50.8 Å². The molecule has 19 heavy (non-hydrogen) atoms. The van der Waals surface area contributed by atoms with Gasteiger partial charge in [0.1, 0.15) is 0 Å². The third kappa shape index (κ3) is 1.53. The van der Waals surface area contributed by atoms with Crippen molar-refractivity contribution in [1.29, 1.82) is 0 Å². The van der Waals surface area contributed by atoms with Crippen LogP contribution in [0.25, 0.3) is 32.3 Å². The molecule has 0 unspecified atom stereocenters. The molecule has 4 aromatic rings. The van der Waals surface area contributed by atoms with Crippen molar-refractivity contribution in [2.24, 2.45) is 0 Å². The van der Waals surface area contributed by atoms with Crippen molar-refractivity contribution in [3.05, 3.63) is 59.7 Å². The maximum Gasteiger partial charge on any atom is 0.0194 e. The van der Waals surface area contributed by atoms with Crippen molar-refractivity contribution in [2.75, 3.05) is 0 Å². The Balaban J connectivity index is 0.000000698. The van der Waals surface area contributed by atoms with Gasteiger partial charge in [0.15, 0.2) is 0 Å². The first-order valence-electron chi connectivity index (χ1n) is 10.4. The maximum atomic E-state index is 5.75. The molecule has 0 fully saturated rings. The van der Waals surface area contributed by atoms with E-state index in [2.05, 4.69) is 62.4 Å². The molecular formula is C19H24. The van der Waals surface area contributed by atoms with Crippen LogP contribution in [0.15, 0.2) is 48.5 Å². The first kappa shape index (κ1) is 8.16. The Morgan fingerprint density at radius 2 is 1.42 bits per heavy atom. The van der Waals surface area contributed by atoms with Crippen molar-refractivity contribution in [2.45, 2.75) is 21.3 Å². The largest absolute Gasteiger partial charge is 0.0776 e. The Morgan fingerprint density at radius 3 is 2.16 bits per heavy atom. The van der Waals surface area contributed by atoms with E-state index in [0.29, 0.717) is 0 Å². The molecule has 100 valence electrons. The van der Waals surface area contributed by atoms with E-state index in [0.717, 1.165) is 0 Å². The molecule has 0 amide bonds. The van der Waals surface area contributed by atoms with Gasteiger partial charge in [-0.25, -0.2) is 0 Å². The summed E-state index contributed by atoms with van der Waals surface area (Å²) in [4.78, 5) is 0. The van der Waals surface area contributed by atoms with Gasteiger partial charge in [-0.1, -0.05) is 55.9 Å². The Bertz CT molecular complexity index is 888. The Morgan fingerprint density at radius 1 is 0.842 bits per heavy atom. The summed E-state index contributed by atoms with van der Waals surface area (Å²) >= 11 is 0. The van der Waals surface area contributed by atoms with Crippen LogP contribution in [0.4, 0.5) is 0 Å². The zero-order chi connectivity index (χ0) is 20.3. The molecule has 0 saturated carbocycles. The lowest BCUT2D eigenvalue weighted by molar-refractivity contribution is 1.52. The number of benzene rings is 4. The zero-order valence-electron chi connectivity index (χ0n) is 18.6. The van der Waals surface area contributed by atoms with E-state index < -0.39 is 0 Å². The quantitative estimate of drug-likeness (QED) is 0.313. The first-order valence-corrected chi connectivity index (χ1v) is 6.39. The Hall–Kier alpha value is -2.08. The van der Waals surface area contributed by atoms with Gasteiger partial charge in [0.05, 0.1) is 0 Å². The van der Waals surface area contributed by atoms with Gasteiger partial charge in [-0.05, 0) is 57.3 Å². The molecule has 0 heterocycles. The summed E-state index contributed by atoms with van der Waals surface area (Å²) in [5, 5.41) is 8.28. The third-order valence-electron chi connectivity index (χ3n) is 3.96. The molecule has 0 nitrogen and oxygen atoms in total. The van der Waals surface area contributed by atoms with Gasteiger partial charge in [0.2, 0.25) is 0 Å². The van der Waals surface area contributed by atoms with Gasteiger partial charge in [0, 0.05) is 10.3 Å². The summed E-state index contributed by atoms with van der Waals surface area (Å²) < 4.78 is 35.8. The SMILES string of the molecule is Cc1cc2ccc3ccc(C)c4ccc(c1)c2c34.[2H]C.[2H][2H].[2H][2H].[2H][2H]. The van der Waals surface area contributed by atoms with Crippen LogP contribution >= 0.6 is 0 Å². The maximum absolute atomic E-state index is 5.75. The predicted octanol–water partition coefficient (Wildman–Crippen LogP) is 6.57. The fourth-order valence-corrected chi connectivity index (χ4v) is 3.12. The van der Waals surface area contributed by atoms with Crippen LogP contribution in [-0.4, -0.2) is 0 Å². The van der Waals surface area contributed by atoms with Gasteiger partial charge < -0.3 is 0 Å². The average Bonchev–Trinajstić information content (AvgIpc) is 2.73. The highest BCUT2D eigenvalue weighted by molar-refractivity contribution is 6.23. The van der Waals surface area contributed by atoms with Gasteiger partial charge in [-0.2, -0.15) is 0 Å². The molecule has 0 bridgehead atoms. The summed E-state index contributed by atoms with van der Waals surface area (Å²) in [5.41, 5.74) is 2.69. The van der Waals surface area contributed by atoms with Crippen LogP contribution < -0.4 is 0 Å². The Labute approximate surface area is 124 Å². The number of aryl methyl sites for hydroxylation is 2. The highest BCUT2D eigenvalue weighted by Gasteiger charge is 2.09. The second-order valence-electron chi connectivity index (χ2n) is 5.25. The summed E-state index contributed by atoms with van der Waals surface area (Å²) in [6, 6.07) is 18.0. The number of hydrogen-bond acceptors (Lipinski definition) is 0. The third-order valence-corrected chi connectivity index (χ3v) is 3.96. The molecule has 0 N–H and O–H groups in total. The van der Waals surface area contributed by atoms with Crippen LogP contribution in [0.3, 0.4) is 0 Å². The molecule has 0 aliphatic heterocycles. The molecule has 0 spiro atoms. The standard InChI is InChI=1S/C18H14.CH4.3H2/c1-11-9-14-6-5-13-4-3-12(2)16-8-7-15(10-11)17(14)18(13)16;;;;/h3-10H,1-2H3;1H4;3*1H/i;1D;3*1+1D. The van der Waals surface area contributed by atoms with Gasteiger partial charge in [-0.15, -0.1) is 0 Å². The lowest BCUT2D eigenvalue weighted by atomic mass is 9.91. The summed E-state index contributed by atoms with van der Waals surface area (Å²) in [5.74, 6) is 0. The highest BCUT2D eigenvalue weighted by Crippen LogP contribution is 2.36. The minimum atomic E-state index is 1.25. The zero-order valence-corrected chi connectivity index (χ0v) is 11.6. The number of rotatable bonds is 0. The summed E-state index contributed by atoms with van der Waals surface area (Å²) in [6.45, 7) is 4.36. The average molecular weight is 259 g/mol. The van der Waals surface area contributed by atoms with Crippen LogP contribution in [0.2, 0.25) is 0 Å². The van der Waals surface area contributed by atoms with Gasteiger partial charge in [-0.3, -0.25) is 0 Å². The fourth-order valence-electron chi connectivity index (χ4n) is 3.12. The Kier molecular flexibility index (Phi) is 1.70. The molecule has 0 radical (unpaired) electrons. The van der Waals surface area contributed by atoms with Crippen molar-refractivity contribution in [3.63, 3.8) is 0 Å². The van der Waals surface area contributed by atoms with Crippen molar-refractivity contribution in [3.8, 4) is 0 Å². The van der Waals surface area contributed by atoms with Crippen molar-refractivity contribution < 1.29 is 10.3 Å². The monoisotopic (exact) mass is 259 g/mol. The van der Waals surface area contributed by atoms with Crippen LogP contribution in [0.5, 0.6) is 0 Å². The molecule has 0 aliphatic rings. The van der Waals surface area contributed by atoms with E-state index >= 15 is 0 Å². The lowest BCUT2D eigenvalue weighted by Gasteiger charge is -2.12. The lowest BCUT2D eigenvalue weighted by Crippen LogP contribution is -1.86. The second kappa shape index (κ2) is 3.96.